The molecule has 0 aromatic heterocycles. The summed E-state index contributed by atoms with van der Waals surface area (Å²) in [6, 6.07) is 6.54. The molecule has 1 aromatic carbocycles. The van der Waals surface area contributed by atoms with Gasteiger partial charge in [0.25, 0.3) is 5.17 Å². The van der Waals surface area contributed by atoms with Gasteiger partial charge in [-0.2, -0.15) is 0 Å². The number of nitrogens with one attached hydrogen (secondary N) is 1. The Morgan fingerprint density at radius 2 is 1.34 bits per heavy atom. The first-order valence-electron chi connectivity index (χ1n) is 10.4. The lowest BCUT2D eigenvalue weighted by Gasteiger charge is -2.44. The van der Waals surface area contributed by atoms with Crippen LogP contribution in [0.2, 0.25) is 0 Å². The van der Waals surface area contributed by atoms with Gasteiger partial charge in [-0.25, -0.2) is 0 Å². The van der Waals surface area contributed by atoms with Crippen molar-refractivity contribution in [3.8, 4) is 11.5 Å². The van der Waals surface area contributed by atoms with E-state index in [9.17, 15) is 19.2 Å². The minimum absolute atomic E-state index is 0.170. The molecule has 12 nitrogen and oxygen atoms in total. The van der Waals surface area contributed by atoms with Crippen molar-refractivity contribution in [1.29, 1.82) is 0 Å². The van der Waals surface area contributed by atoms with Gasteiger partial charge in [0, 0.05) is 27.7 Å². The maximum absolute atomic E-state index is 11.9. The molecule has 1 aliphatic rings. The van der Waals surface area contributed by atoms with Crippen LogP contribution in [-0.4, -0.2) is 73.4 Å². The summed E-state index contributed by atoms with van der Waals surface area (Å²) in [5, 5.41) is 2.58. The van der Waals surface area contributed by atoms with Crippen molar-refractivity contribution in [3.63, 3.8) is 0 Å². The smallest absolute Gasteiger partial charge is 0.303 e. The van der Waals surface area contributed by atoms with E-state index >= 15 is 0 Å². The van der Waals surface area contributed by atoms with Crippen molar-refractivity contribution >= 4 is 41.3 Å². The van der Waals surface area contributed by atoms with E-state index < -0.39 is 54.5 Å². The predicted octanol–water partition coefficient (Wildman–Crippen LogP) is 1.03. The monoisotopic (exact) mass is 513 g/mol. The van der Waals surface area contributed by atoms with Crippen LogP contribution in [0.5, 0.6) is 11.5 Å². The van der Waals surface area contributed by atoms with E-state index in [-0.39, 0.29) is 11.8 Å². The number of carbonyl (C=O) groups is 4. The van der Waals surface area contributed by atoms with Gasteiger partial charge in [0.1, 0.15) is 24.2 Å². The van der Waals surface area contributed by atoms with Crippen LogP contribution in [0.3, 0.4) is 0 Å². The van der Waals surface area contributed by atoms with E-state index in [0.29, 0.717) is 11.5 Å². The number of ether oxygens (including phenoxy) is 7. The van der Waals surface area contributed by atoms with Crippen LogP contribution in [0.25, 0.3) is 0 Å². The zero-order valence-corrected chi connectivity index (χ0v) is 20.6. The Hall–Kier alpha value is -3.45. The van der Waals surface area contributed by atoms with E-state index in [1.165, 1.54) is 14.0 Å². The molecule has 5 atom stereocenters. The molecule has 0 bridgehead atoms. The highest BCUT2D eigenvalue weighted by atomic mass is 32.1. The Bertz CT molecular complexity index is 936. The van der Waals surface area contributed by atoms with Crippen molar-refractivity contribution in [2.75, 3.05) is 13.7 Å². The Labute approximate surface area is 207 Å². The molecule has 1 N–H and O–H groups in total. The van der Waals surface area contributed by atoms with E-state index in [2.05, 4.69) is 5.32 Å². The van der Waals surface area contributed by atoms with Crippen LogP contribution in [0.4, 0.5) is 0 Å². The molecule has 0 unspecified atom stereocenters. The zero-order valence-electron chi connectivity index (χ0n) is 19.8. The Morgan fingerprint density at radius 1 is 0.829 bits per heavy atom. The summed E-state index contributed by atoms with van der Waals surface area (Å²) in [5.41, 5.74) is 0. The highest BCUT2D eigenvalue weighted by Crippen LogP contribution is 2.28. The molecular formula is C22H27NO11S. The van der Waals surface area contributed by atoms with Crippen LogP contribution in [0.1, 0.15) is 27.7 Å². The van der Waals surface area contributed by atoms with Crippen LogP contribution in [-0.2, 0) is 42.9 Å². The zero-order chi connectivity index (χ0) is 26.1. The fourth-order valence-electron chi connectivity index (χ4n) is 3.24. The van der Waals surface area contributed by atoms with Crippen LogP contribution >= 0.6 is 12.2 Å². The number of hydrogen-bond donors (Lipinski definition) is 1. The van der Waals surface area contributed by atoms with Gasteiger partial charge in [0.15, 0.2) is 24.5 Å². The average molecular weight is 514 g/mol. The van der Waals surface area contributed by atoms with Crippen molar-refractivity contribution in [2.45, 2.75) is 58.3 Å². The van der Waals surface area contributed by atoms with E-state index in [4.69, 9.17) is 45.4 Å². The minimum Gasteiger partial charge on any atom is -0.497 e. The Morgan fingerprint density at radius 3 is 1.86 bits per heavy atom. The molecule has 1 aliphatic heterocycles. The van der Waals surface area contributed by atoms with E-state index in [1.807, 2.05) is 0 Å². The fraction of sp³-hybridized carbons (Fsp3) is 0.500. The summed E-state index contributed by atoms with van der Waals surface area (Å²) in [4.78, 5) is 46.9. The lowest BCUT2D eigenvalue weighted by Crippen LogP contribution is -2.66. The molecule has 1 aromatic rings. The van der Waals surface area contributed by atoms with Crippen LogP contribution in [0, 0.1) is 0 Å². The molecule has 0 saturated carbocycles. The van der Waals surface area contributed by atoms with Gasteiger partial charge in [-0.3, -0.25) is 19.2 Å². The van der Waals surface area contributed by atoms with Crippen molar-refractivity contribution < 1.29 is 52.3 Å². The number of rotatable bonds is 8. The van der Waals surface area contributed by atoms with Crippen molar-refractivity contribution in [3.05, 3.63) is 24.3 Å². The van der Waals surface area contributed by atoms with Gasteiger partial charge < -0.3 is 38.5 Å². The van der Waals surface area contributed by atoms with Crippen LogP contribution in [0.15, 0.2) is 24.3 Å². The number of thiocarbonyl (C=S) groups is 1. The third-order valence-corrected chi connectivity index (χ3v) is 4.72. The lowest BCUT2D eigenvalue weighted by atomic mass is 9.97. The third kappa shape index (κ3) is 8.68. The second-order valence-corrected chi connectivity index (χ2v) is 7.70. The topological polar surface area (TPSA) is 145 Å². The molecule has 13 heteroatoms. The number of carbonyl (C=O) groups excluding carboxylic acids is 4. The minimum atomic E-state index is -1.32. The molecule has 0 radical (unpaired) electrons. The Kier molecular flexibility index (Phi) is 10.2. The second kappa shape index (κ2) is 12.9. The van der Waals surface area contributed by atoms with Gasteiger partial charge >= 0.3 is 23.9 Å². The van der Waals surface area contributed by atoms with Crippen LogP contribution < -0.4 is 14.8 Å². The first-order valence-corrected chi connectivity index (χ1v) is 10.8. The molecule has 0 amide bonds. The lowest BCUT2D eigenvalue weighted by molar-refractivity contribution is -0.255. The maximum Gasteiger partial charge on any atom is 0.303 e. The highest BCUT2D eigenvalue weighted by molar-refractivity contribution is 7.80. The molecule has 0 spiro atoms. The summed E-state index contributed by atoms with van der Waals surface area (Å²) >= 11 is 5.25. The molecule has 35 heavy (non-hydrogen) atoms. The second-order valence-electron chi connectivity index (χ2n) is 7.33. The van der Waals surface area contributed by atoms with Crippen molar-refractivity contribution in [1.82, 2.24) is 5.32 Å². The molecule has 192 valence electrons. The summed E-state index contributed by atoms with van der Waals surface area (Å²) in [6.07, 6.45) is -6.25. The highest BCUT2D eigenvalue weighted by Gasteiger charge is 2.52. The number of benzene rings is 1. The fourth-order valence-corrected chi connectivity index (χ4v) is 3.45. The predicted molar refractivity (Wildman–Crippen MR) is 121 cm³/mol. The average Bonchev–Trinajstić information content (AvgIpc) is 2.76. The summed E-state index contributed by atoms with van der Waals surface area (Å²) in [7, 11) is 1.52. The third-order valence-electron chi connectivity index (χ3n) is 4.52. The molecular weight excluding hydrogens is 486 g/mol. The largest absolute Gasteiger partial charge is 0.497 e. The molecule has 0 aliphatic carbocycles. The van der Waals surface area contributed by atoms with Gasteiger partial charge in [-0.15, -0.1) is 0 Å². The van der Waals surface area contributed by atoms with E-state index in [0.717, 1.165) is 20.8 Å². The molecule has 1 heterocycles. The molecule has 1 fully saturated rings. The van der Waals surface area contributed by atoms with E-state index in [1.54, 1.807) is 24.3 Å². The van der Waals surface area contributed by atoms with Crippen molar-refractivity contribution in [2.24, 2.45) is 0 Å². The summed E-state index contributed by atoms with van der Waals surface area (Å²) < 4.78 is 37.6. The molecule has 1 saturated heterocycles. The molecule has 2 rings (SSSR count). The SMILES string of the molecule is COc1ccc(OC(=S)N[C@@H]2O[C@H](COC(C)=O)[C@H](OC(C)=O)[C@H](OC(C)=O)[C@@H]2OC(C)=O)cc1. The first kappa shape index (κ1) is 27.8. The summed E-state index contributed by atoms with van der Waals surface area (Å²) in [5.74, 6) is -1.85. The normalized spacial score (nSPS) is 23.3. The van der Waals surface area contributed by atoms with Gasteiger partial charge in [-0.05, 0) is 36.5 Å². The first-order chi connectivity index (χ1) is 16.5. The standard InChI is InChI=1S/C22H27NO11S/c1-11(24)29-10-17-18(30-12(2)25)19(31-13(3)26)20(32-14(4)27)21(34-17)23-22(35)33-16-8-6-15(28-5)7-9-16/h6-9,17-21H,10H2,1-5H3,(H,23,35)/t17-,18+,19+,20+,21-/m1/s1. The maximum atomic E-state index is 11.9. The number of esters is 4. The van der Waals surface area contributed by atoms with Gasteiger partial charge in [0.05, 0.1) is 7.11 Å². The quantitative estimate of drug-likeness (QED) is 0.300. The number of methoxy groups -OCH3 is 1. The summed E-state index contributed by atoms with van der Waals surface area (Å²) in [6.45, 7) is 4.23. The Balaban J connectivity index is 2.33. The van der Waals surface area contributed by atoms with Gasteiger partial charge in [0.2, 0.25) is 0 Å². The number of hydrogen-bond acceptors (Lipinski definition) is 12. The van der Waals surface area contributed by atoms with Gasteiger partial charge in [-0.1, -0.05) is 0 Å².